The minimum atomic E-state index is -4.65. The van der Waals surface area contributed by atoms with E-state index in [2.05, 4.69) is 0 Å². The average molecular weight is 254 g/mol. The maximum atomic E-state index is 12.9. The Labute approximate surface area is 104 Å². The Morgan fingerprint density at radius 3 is 2.17 bits per heavy atom. The molecule has 0 radical (unpaired) electrons. The number of aliphatic hydroxyl groups excluding tert-OH is 1. The molecule has 1 aromatic rings. The van der Waals surface area contributed by atoms with Crippen molar-refractivity contribution in [2.24, 2.45) is 0 Å². The molecule has 1 unspecified atom stereocenters. The fourth-order valence-electron chi connectivity index (χ4n) is 1.57. The first kappa shape index (κ1) is 14.3. The van der Waals surface area contributed by atoms with Crippen LogP contribution in [0.25, 0.3) is 0 Å². The van der Waals surface area contributed by atoms with Crippen molar-refractivity contribution in [2.45, 2.75) is 26.1 Å². The van der Waals surface area contributed by atoms with Crippen molar-refractivity contribution in [3.8, 4) is 12.3 Å². The molecule has 0 aliphatic rings. The normalized spacial score (nSPS) is 14.7. The summed E-state index contributed by atoms with van der Waals surface area (Å²) in [7, 11) is 0. The number of rotatable bonds is 2. The van der Waals surface area contributed by atoms with Crippen LogP contribution in [-0.2, 0) is 0 Å². The number of alkyl halides is 3. The van der Waals surface area contributed by atoms with Crippen molar-refractivity contribution >= 4 is 0 Å². The third-order valence-corrected chi connectivity index (χ3v) is 2.59. The van der Waals surface area contributed by atoms with Gasteiger partial charge in [-0.15, -0.1) is 6.42 Å². The van der Waals surface area contributed by atoms with Gasteiger partial charge in [0, 0.05) is 5.57 Å². The summed E-state index contributed by atoms with van der Waals surface area (Å²) >= 11 is 0. The lowest BCUT2D eigenvalue weighted by Crippen LogP contribution is -2.20. The summed E-state index contributed by atoms with van der Waals surface area (Å²) in [6.45, 7) is 2.98. The molecule has 0 heterocycles. The predicted octanol–water partition coefficient (Wildman–Crippen LogP) is 3.54. The molecule has 0 fully saturated rings. The highest BCUT2D eigenvalue weighted by atomic mass is 19.4. The van der Waals surface area contributed by atoms with Crippen LogP contribution in [0.3, 0.4) is 0 Å². The van der Waals surface area contributed by atoms with E-state index in [4.69, 9.17) is 6.42 Å². The van der Waals surface area contributed by atoms with Crippen LogP contribution >= 0.6 is 0 Å². The van der Waals surface area contributed by atoms with Crippen LogP contribution in [-0.4, -0.2) is 11.3 Å². The number of halogens is 3. The van der Waals surface area contributed by atoms with Gasteiger partial charge in [0.25, 0.3) is 0 Å². The van der Waals surface area contributed by atoms with Gasteiger partial charge in [-0.25, -0.2) is 0 Å². The third kappa shape index (κ3) is 3.14. The smallest absolute Gasteiger partial charge is 0.384 e. The Bertz CT molecular complexity index is 489. The van der Waals surface area contributed by atoms with Gasteiger partial charge in [-0.05, 0) is 19.4 Å². The molecule has 0 aliphatic heterocycles. The second kappa shape index (κ2) is 5.28. The van der Waals surface area contributed by atoms with Crippen molar-refractivity contribution in [3.05, 3.63) is 46.5 Å². The van der Waals surface area contributed by atoms with E-state index in [1.807, 2.05) is 12.8 Å². The van der Waals surface area contributed by atoms with Crippen LogP contribution in [0.15, 0.2) is 35.4 Å². The van der Waals surface area contributed by atoms with E-state index in [-0.39, 0.29) is 11.1 Å². The van der Waals surface area contributed by atoms with E-state index in [9.17, 15) is 18.3 Å². The fraction of sp³-hybridized carbons (Fsp3) is 0.286. The molecule has 0 aromatic heterocycles. The zero-order valence-electron chi connectivity index (χ0n) is 10.0. The van der Waals surface area contributed by atoms with Crippen molar-refractivity contribution in [2.75, 3.05) is 0 Å². The minimum absolute atomic E-state index is 0.169. The van der Waals surface area contributed by atoms with Gasteiger partial charge in [-0.3, -0.25) is 0 Å². The van der Waals surface area contributed by atoms with E-state index in [1.54, 1.807) is 12.1 Å². The average Bonchev–Trinajstić information content (AvgIpc) is 2.27. The molecule has 0 spiro atoms. The topological polar surface area (TPSA) is 20.2 Å². The second-order valence-corrected chi connectivity index (χ2v) is 3.99. The Balaban J connectivity index is 3.25. The number of terminal acetylenes is 1. The van der Waals surface area contributed by atoms with Crippen LogP contribution in [0.4, 0.5) is 13.2 Å². The molecule has 0 saturated carbocycles. The van der Waals surface area contributed by atoms with Crippen LogP contribution in [0.5, 0.6) is 0 Å². The number of hydrogen-bond donors (Lipinski definition) is 1. The van der Waals surface area contributed by atoms with E-state index in [1.165, 1.54) is 19.1 Å². The fourth-order valence-corrected chi connectivity index (χ4v) is 1.57. The quantitative estimate of drug-likeness (QED) is 0.800. The summed E-state index contributed by atoms with van der Waals surface area (Å²) in [4.78, 5) is 0. The summed E-state index contributed by atoms with van der Waals surface area (Å²) in [5, 5.41) is 9.83. The van der Waals surface area contributed by atoms with Gasteiger partial charge in [0.15, 0.2) is 0 Å². The van der Waals surface area contributed by atoms with Gasteiger partial charge in [0.05, 0.1) is 5.57 Å². The molecule has 0 aliphatic carbocycles. The van der Waals surface area contributed by atoms with E-state index in [0.717, 1.165) is 5.56 Å². The number of allylic oxidation sites excluding steroid dienone is 1. The second-order valence-electron chi connectivity index (χ2n) is 3.99. The van der Waals surface area contributed by atoms with Gasteiger partial charge in [0.1, 0.15) is 6.10 Å². The first-order chi connectivity index (χ1) is 8.27. The van der Waals surface area contributed by atoms with E-state index in [0.29, 0.717) is 0 Å². The highest BCUT2D eigenvalue weighted by molar-refractivity contribution is 5.39. The molecule has 0 amide bonds. The van der Waals surface area contributed by atoms with Gasteiger partial charge in [-0.2, -0.15) is 13.2 Å². The molecule has 1 nitrogen and oxygen atoms in total. The number of aliphatic hydroxyl groups is 1. The van der Waals surface area contributed by atoms with Gasteiger partial charge >= 0.3 is 6.18 Å². The number of aryl methyl sites for hydroxylation is 1. The maximum Gasteiger partial charge on any atom is 0.416 e. The lowest BCUT2D eigenvalue weighted by Gasteiger charge is -2.19. The summed E-state index contributed by atoms with van der Waals surface area (Å²) in [6, 6.07) is 6.18. The van der Waals surface area contributed by atoms with Gasteiger partial charge in [-0.1, -0.05) is 35.7 Å². The van der Waals surface area contributed by atoms with Crippen LogP contribution < -0.4 is 0 Å². The largest absolute Gasteiger partial charge is 0.416 e. The molecule has 18 heavy (non-hydrogen) atoms. The Morgan fingerprint density at radius 1 is 1.28 bits per heavy atom. The SMILES string of the molecule is C#C/C(C)=C(/C(O)c1ccc(C)cc1)C(F)(F)F. The molecule has 1 N–H and O–H groups in total. The monoisotopic (exact) mass is 254 g/mol. The summed E-state index contributed by atoms with van der Waals surface area (Å²) < 4.78 is 38.6. The summed E-state index contributed by atoms with van der Waals surface area (Å²) in [5.41, 5.74) is -0.330. The summed E-state index contributed by atoms with van der Waals surface area (Å²) in [6.07, 6.45) is -1.42. The molecular weight excluding hydrogens is 241 g/mol. The van der Waals surface area contributed by atoms with Crippen molar-refractivity contribution in [3.63, 3.8) is 0 Å². The molecule has 1 rings (SSSR count). The molecule has 1 aromatic carbocycles. The van der Waals surface area contributed by atoms with Crippen molar-refractivity contribution < 1.29 is 18.3 Å². The van der Waals surface area contributed by atoms with E-state index >= 15 is 0 Å². The minimum Gasteiger partial charge on any atom is -0.384 e. The predicted molar refractivity (Wildman–Crippen MR) is 63.7 cm³/mol. The highest BCUT2D eigenvalue weighted by Crippen LogP contribution is 2.37. The lowest BCUT2D eigenvalue weighted by molar-refractivity contribution is -0.106. The molecule has 4 heteroatoms. The lowest BCUT2D eigenvalue weighted by atomic mass is 9.96. The van der Waals surface area contributed by atoms with Crippen LogP contribution in [0, 0.1) is 19.3 Å². The van der Waals surface area contributed by atoms with Crippen molar-refractivity contribution in [1.82, 2.24) is 0 Å². The molecular formula is C14H13F3O. The zero-order valence-corrected chi connectivity index (χ0v) is 10.0. The Kier molecular flexibility index (Phi) is 4.20. The molecule has 96 valence electrons. The van der Waals surface area contributed by atoms with Gasteiger partial charge < -0.3 is 5.11 Å². The maximum absolute atomic E-state index is 12.9. The first-order valence-corrected chi connectivity index (χ1v) is 5.26. The van der Waals surface area contributed by atoms with Gasteiger partial charge in [0.2, 0.25) is 0 Å². The van der Waals surface area contributed by atoms with Crippen molar-refractivity contribution in [1.29, 1.82) is 0 Å². The molecule has 0 saturated heterocycles. The Hall–Kier alpha value is -1.73. The standard InChI is InChI=1S/C14H13F3O/c1-4-10(3)12(14(15,16)17)13(18)11-7-5-9(2)6-8-11/h1,5-8,13,18H,2-3H3/b12-10-. The van der Waals surface area contributed by atoms with E-state index < -0.39 is 17.9 Å². The van der Waals surface area contributed by atoms with Crippen LogP contribution in [0.1, 0.15) is 24.2 Å². The first-order valence-electron chi connectivity index (χ1n) is 5.26. The number of benzene rings is 1. The molecule has 1 atom stereocenters. The Morgan fingerprint density at radius 2 is 1.78 bits per heavy atom. The highest BCUT2D eigenvalue weighted by Gasteiger charge is 2.40. The summed E-state index contributed by atoms with van der Waals surface area (Å²) in [5.74, 6) is 1.93. The number of hydrogen-bond acceptors (Lipinski definition) is 1. The van der Waals surface area contributed by atoms with Crippen LogP contribution in [0.2, 0.25) is 0 Å². The molecule has 0 bridgehead atoms. The third-order valence-electron chi connectivity index (χ3n) is 2.59. The zero-order chi connectivity index (χ0) is 13.9.